The predicted octanol–water partition coefficient (Wildman–Crippen LogP) is 4.44. The van der Waals surface area contributed by atoms with Crippen molar-refractivity contribution in [2.24, 2.45) is 0 Å². The number of hydrogen-bond donors (Lipinski definition) is 1. The minimum atomic E-state index is -0.328. The third-order valence-electron chi connectivity index (χ3n) is 4.60. The van der Waals surface area contributed by atoms with E-state index in [0.717, 1.165) is 0 Å². The third kappa shape index (κ3) is 3.54. The molecular weight excluding hydrogens is 371 g/mol. The maximum atomic E-state index is 13.3. The Morgan fingerprint density at radius 1 is 1.07 bits per heavy atom. The highest BCUT2D eigenvalue weighted by molar-refractivity contribution is 6.12. The van der Waals surface area contributed by atoms with Gasteiger partial charge in [0.25, 0.3) is 5.91 Å². The van der Waals surface area contributed by atoms with Crippen LogP contribution < -0.4 is 10.1 Å². The second kappa shape index (κ2) is 7.35. The van der Waals surface area contributed by atoms with Crippen LogP contribution in [0.25, 0.3) is 16.7 Å². The molecule has 0 aliphatic carbocycles. The summed E-state index contributed by atoms with van der Waals surface area (Å²) < 4.78 is 20.1. The summed E-state index contributed by atoms with van der Waals surface area (Å²) in [6.45, 7) is 3.64. The highest BCUT2D eigenvalue weighted by Gasteiger charge is 2.19. The fourth-order valence-electron chi connectivity index (χ4n) is 3.23. The van der Waals surface area contributed by atoms with Gasteiger partial charge in [0.2, 0.25) is 0 Å². The van der Waals surface area contributed by atoms with Gasteiger partial charge >= 0.3 is 0 Å². The number of anilines is 1. The number of aryl methyl sites for hydroxylation is 2. The Labute approximate surface area is 167 Å². The number of amides is 1. The molecule has 6 nitrogen and oxygen atoms in total. The van der Waals surface area contributed by atoms with Gasteiger partial charge in [-0.25, -0.2) is 14.1 Å². The van der Waals surface area contributed by atoms with Gasteiger partial charge < -0.3 is 10.1 Å². The second-order valence-electron chi connectivity index (χ2n) is 6.67. The molecule has 4 rings (SSSR count). The topological polar surface area (TPSA) is 69.0 Å². The van der Waals surface area contributed by atoms with Crippen LogP contribution in [0, 0.1) is 19.7 Å². The molecule has 146 valence electrons. The number of rotatable bonds is 4. The minimum Gasteiger partial charge on any atom is -0.497 e. The molecule has 0 spiro atoms. The number of methoxy groups -OCH3 is 1. The van der Waals surface area contributed by atoms with Gasteiger partial charge in [0, 0.05) is 11.4 Å². The van der Waals surface area contributed by atoms with Gasteiger partial charge in [-0.05, 0) is 68.4 Å². The number of carbonyl (C=O) groups excluding carboxylic acids is 1. The first-order valence-electron chi connectivity index (χ1n) is 9.04. The fourth-order valence-corrected chi connectivity index (χ4v) is 3.23. The van der Waals surface area contributed by atoms with Gasteiger partial charge in [-0.2, -0.15) is 5.10 Å². The Morgan fingerprint density at radius 2 is 1.76 bits per heavy atom. The van der Waals surface area contributed by atoms with Gasteiger partial charge in [-0.3, -0.25) is 4.79 Å². The lowest BCUT2D eigenvalue weighted by molar-refractivity contribution is 0.102. The number of nitrogens with zero attached hydrogens (tertiary/aromatic N) is 3. The molecular formula is C22H19FN4O2. The second-order valence-corrected chi connectivity index (χ2v) is 6.67. The van der Waals surface area contributed by atoms with Gasteiger partial charge in [-0.15, -0.1) is 0 Å². The smallest absolute Gasteiger partial charge is 0.256 e. The number of aromatic nitrogens is 3. The molecule has 7 heteroatoms. The molecule has 2 aromatic carbocycles. The number of halogens is 1. The molecule has 2 aromatic heterocycles. The van der Waals surface area contributed by atoms with Crippen LogP contribution in [0.15, 0.2) is 54.6 Å². The molecule has 4 aromatic rings. The largest absolute Gasteiger partial charge is 0.497 e. The van der Waals surface area contributed by atoms with Crippen LogP contribution in [-0.4, -0.2) is 27.8 Å². The summed E-state index contributed by atoms with van der Waals surface area (Å²) in [7, 11) is 1.59. The quantitative estimate of drug-likeness (QED) is 0.559. The highest BCUT2D eigenvalue weighted by Crippen LogP contribution is 2.26. The number of nitrogens with one attached hydrogen (secondary N) is 1. The zero-order chi connectivity index (χ0) is 20.5. The maximum Gasteiger partial charge on any atom is 0.256 e. The number of ether oxygens (including phenoxy) is 1. The van der Waals surface area contributed by atoms with Crippen molar-refractivity contribution < 1.29 is 13.9 Å². The van der Waals surface area contributed by atoms with Gasteiger partial charge in [0.05, 0.1) is 29.4 Å². The highest BCUT2D eigenvalue weighted by atomic mass is 19.1. The van der Waals surface area contributed by atoms with Crippen LogP contribution in [-0.2, 0) is 0 Å². The Balaban J connectivity index is 1.78. The Morgan fingerprint density at radius 3 is 2.41 bits per heavy atom. The van der Waals surface area contributed by atoms with Crippen LogP contribution in [0.5, 0.6) is 5.75 Å². The van der Waals surface area contributed by atoms with Crippen molar-refractivity contribution in [3.63, 3.8) is 0 Å². The number of pyridine rings is 1. The van der Waals surface area contributed by atoms with Crippen molar-refractivity contribution in [1.29, 1.82) is 0 Å². The molecule has 0 aliphatic rings. The number of fused-ring (bicyclic) bond motifs is 1. The monoisotopic (exact) mass is 390 g/mol. The summed E-state index contributed by atoms with van der Waals surface area (Å²) in [4.78, 5) is 17.6. The first-order valence-corrected chi connectivity index (χ1v) is 9.04. The number of benzene rings is 2. The van der Waals surface area contributed by atoms with E-state index in [9.17, 15) is 9.18 Å². The van der Waals surface area contributed by atoms with Crippen LogP contribution in [0.2, 0.25) is 0 Å². The number of carbonyl (C=O) groups is 1. The van der Waals surface area contributed by atoms with Crippen LogP contribution >= 0.6 is 0 Å². The van der Waals surface area contributed by atoms with E-state index in [2.05, 4.69) is 15.4 Å². The molecule has 0 bridgehead atoms. The Bertz CT molecular complexity index is 1200. The normalized spacial score (nSPS) is 10.9. The van der Waals surface area contributed by atoms with Crippen LogP contribution in [0.3, 0.4) is 0 Å². The molecule has 0 fully saturated rings. The first-order chi connectivity index (χ1) is 14.0. The molecule has 1 amide bonds. The molecule has 0 atom stereocenters. The Kier molecular flexibility index (Phi) is 4.72. The van der Waals surface area contributed by atoms with E-state index in [1.807, 2.05) is 13.8 Å². The standard InChI is InChI=1S/C22H19FN4O2/c1-13-12-19(22(28)25-16-6-10-18(29-3)11-7-16)20-14(2)26-27(21(20)24-13)17-8-4-15(23)5-9-17/h4-12H,1-3H3,(H,25,28). The van der Waals surface area contributed by atoms with E-state index in [1.54, 1.807) is 54.3 Å². The summed E-state index contributed by atoms with van der Waals surface area (Å²) in [6, 6.07) is 14.8. The lowest BCUT2D eigenvalue weighted by atomic mass is 10.1. The Hall–Kier alpha value is -3.74. The zero-order valence-electron chi connectivity index (χ0n) is 16.2. The SMILES string of the molecule is COc1ccc(NC(=O)c2cc(C)nc3c2c(C)nn3-c2ccc(F)cc2)cc1. The molecule has 0 unspecified atom stereocenters. The minimum absolute atomic E-state index is 0.257. The summed E-state index contributed by atoms with van der Waals surface area (Å²) in [5.41, 5.74) is 3.70. The van der Waals surface area contributed by atoms with Crippen molar-refractivity contribution in [3.05, 3.63) is 77.4 Å². The van der Waals surface area contributed by atoms with Crippen molar-refractivity contribution in [3.8, 4) is 11.4 Å². The third-order valence-corrected chi connectivity index (χ3v) is 4.60. The molecule has 0 saturated heterocycles. The average Bonchev–Trinajstić information content (AvgIpc) is 3.04. The molecule has 0 aliphatic heterocycles. The van der Waals surface area contributed by atoms with E-state index < -0.39 is 0 Å². The summed E-state index contributed by atoms with van der Waals surface area (Å²) in [5.74, 6) is 0.125. The summed E-state index contributed by atoms with van der Waals surface area (Å²) in [5, 5.41) is 8.10. The van der Waals surface area contributed by atoms with Gasteiger partial charge in [0.15, 0.2) is 5.65 Å². The maximum absolute atomic E-state index is 13.3. The van der Waals surface area contributed by atoms with Crippen molar-refractivity contribution in [2.75, 3.05) is 12.4 Å². The van der Waals surface area contributed by atoms with Gasteiger partial charge in [-0.1, -0.05) is 0 Å². The lowest BCUT2D eigenvalue weighted by Gasteiger charge is -2.09. The van der Waals surface area contributed by atoms with Crippen LogP contribution in [0.4, 0.5) is 10.1 Å². The average molecular weight is 390 g/mol. The molecule has 29 heavy (non-hydrogen) atoms. The number of hydrogen-bond acceptors (Lipinski definition) is 4. The van der Waals surface area contributed by atoms with Crippen molar-refractivity contribution in [2.45, 2.75) is 13.8 Å². The summed E-state index contributed by atoms with van der Waals surface area (Å²) in [6.07, 6.45) is 0. The molecule has 1 N–H and O–H groups in total. The van der Waals surface area contributed by atoms with Gasteiger partial charge in [0.1, 0.15) is 11.6 Å². The van der Waals surface area contributed by atoms with E-state index >= 15 is 0 Å². The summed E-state index contributed by atoms with van der Waals surface area (Å²) >= 11 is 0. The van der Waals surface area contributed by atoms with E-state index in [4.69, 9.17) is 4.74 Å². The van der Waals surface area contributed by atoms with Crippen molar-refractivity contribution in [1.82, 2.24) is 14.8 Å². The molecule has 2 heterocycles. The zero-order valence-corrected chi connectivity index (χ0v) is 16.2. The molecule has 0 saturated carbocycles. The predicted molar refractivity (Wildman–Crippen MR) is 109 cm³/mol. The fraction of sp³-hybridized carbons (Fsp3) is 0.136. The first kappa shape index (κ1) is 18.6. The molecule has 0 radical (unpaired) electrons. The van der Waals surface area contributed by atoms with E-state index in [-0.39, 0.29) is 11.7 Å². The van der Waals surface area contributed by atoms with Crippen LogP contribution in [0.1, 0.15) is 21.7 Å². The van der Waals surface area contributed by atoms with E-state index in [1.165, 1.54) is 12.1 Å². The lowest BCUT2D eigenvalue weighted by Crippen LogP contribution is -2.13. The van der Waals surface area contributed by atoms with Crippen molar-refractivity contribution >= 4 is 22.6 Å². The van der Waals surface area contributed by atoms with E-state index in [0.29, 0.717) is 45.1 Å².